The number of benzene rings is 1. The van der Waals surface area contributed by atoms with Crippen molar-refractivity contribution in [2.75, 3.05) is 7.05 Å². The third-order valence-electron chi connectivity index (χ3n) is 4.09. The van der Waals surface area contributed by atoms with Gasteiger partial charge < -0.3 is 5.32 Å². The van der Waals surface area contributed by atoms with Gasteiger partial charge >= 0.3 is 0 Å². The maximum Gasteiger partial charge on any atom is 0.253 e. The molecule has 1 aromatic carbocycles. The van der Waals surface area contributed by atoms with Gasteiger partial charge in [-0.1, -0.05) is 11.6 Å². The van der Waals surface area contributed by atoms with Crippen LogP contribution in [-0.2, 0) is 16.4 Å². The van der Waals surface area contributed by atoms with E-state index in [1.165, 1.54) is 29.6 Å². The topological polar surface area (TPSA) is 66.5 Å². The summed E-state index contributed by atoms with van der Waals surface area (Å²) in [6, 6.07) is 5.91. The van der Waals surface area contributed by atoms with Crippen molar-refractivity contribution in [3.8, 4) is 0 Å². The van der Waals surface area contributed by atoms with Crippen molar-refractivity contribution in [3.05, 3.63) is 51.2 Å². The van der Waals surface area contributed by atoms with Crippen LogP contribution in [0.4, 0.5) is 0 Å². The Morgan fingerprint density at radius 3 is 2.54 bits per heavy atom. The molecule has 0 aliphatic carbocycles. The van der Waals surface area contributed by atoms with E-state index >= 15 is 0 Å². The van der Waals surface area contributed by atoms with Gasteiger partial charge in [0, 0.05) is 19.1 Å². The highest BCUT2D eigenvalue weighted by atomic mass is 35.5. The number of hydrogen-bond donors (Lipinski definition) is 1. The second-order valence-electron chi connectivity index (χ2n) is 6.47. The predicted molar refractivity (Wildman–Crippen MR) is 106 cm³/mol. The summed E-state index contributed by atoms with van der Waals surface area (Å²) in [6.07, 6.45) is 0.695. The minimum atomic E-state index is -3.68. The molecule has 0 fully saturated rings. The molecular weight excluding hydrogens is 392 g/mol. The lowest BCUT2D eigenvalue weighted by molar-refractivity contribution is 0.0940. The second kappa shape index (κ2) is 8.52. The minimum absolute atomic E-state index is 0.0498. The largest absolute Gasteiger partial charge is 0.349 e. The molecule has 0 saturated carbocycles. The molecular formula is C18H23ClN2O3S2. The van der Waals surface area contributed by atoms with E-state index in [1.807, 2.05) is 23.8 Å². The Bertz CT molecular complexity index is 865. The number of rotatable bonds is 7. The van der Waals surface area contributed by atoms with Gasteiger partial charge in [-0.15, -0.1) is 0 Å². The van der Waals surface area contributed by atoms with E-state index in [2.05, 4.69) is 5.32 Å². The Morgan fingerprint density at radius 1 is 1.27 bits per heavy atom. The van der Waals surface area contributed by atoms with Gasteiger partial charge in [-0.25, -0.2) is 8.42 Å². The summed E-state index contributed by atoms with van der Waals surface area (Å²) in [5, 5.41) is 7.12. The highest BCUT2D eigenvalue weighted by molar-refractivity contribution is 7.89. The average Bonchev–Trinajstić information content (AvgIpc) is 3.06. The zero-order chi connectivity index (χ0) is 19.5. The van der Waals surface area contributed by atoms with Gasteiger partial charge in [0.05, 0.1) is 15.5 Å². The zero-order valence-corrected chi connectivity index (χ0v) is 17.6. The van der Waals surface area contributed by atoms with E-state index < -0.39 is 10.0 Å². The summed E-state index contributed by atoms with van der Waals surface area (Å²) < 4.78 is 26.6. The van der Waals surface area contributed by atoms with Crippen molar-refractivity contribution in [3.63, 3.8) is 0 Å². The van der Waals surface area contributed by atoms with Crippen LogP contribution in [0.25, 0.3) is 0 Å². The monoisotopic (exact) mass is 414 g/mol. The van der Waals surface area contributed by atoms with Crippen molar-refractivity contribution < 1.29 is 13.2 Å². The number of hydrogen-bond acceptors (Lipinski definition) is 4. The average molecular weight is 415 g/mol. The molecule has 142 valence electrons. The van der Waals surface area contributed by atoms with Gasteiger partial charge in [0.25, 0.3) is 5.91 Å². The molecule has 1 heterocycles. The molecule has 1 unspecified atom stereocenters. The fourth-order valence-corrected chi connectivity index (χ4v) is 4.68. The molecule has 0 aliphatic rings. The van der Waals surface area contributed by atoms with Crippen LogP contribution in [0, 0.1) is 0 Å². The highest BCUT2D eigenvalue weighted by Gasteiger charge is 2.25. The number of carbonyl (C=O) groups is 1. The van der Waals surface area contributed by atoms with Gasteiger partial charge in [0.2, 0.25) is 10.0 Å². The first-order chi connectivity index (χ1) is 12.1. The zero-order valence-electron chi connectivity index (χ0n) is 15.2. The number of halogens is 1. The van der Waals surface area contributed by atoms with Crippen LogP contribution in [0.2, 0.25) is 5.02 Å². The molecule has 2 aromatic rings. The number of thiophene rings is 1. The Balaban J connectivity index is 2.22. The Kier molecular flexibility index (Phi) is 6.85. The molecule has 0 saturated heterocycles. The first-order valence-corrected chi connectivity index (χ1v) is 11.0. The van der Waals surface area contributed by atoms with Crippen LogP contribution in [0.3, 0.4) is 0 Å². The maximum atomic E-state index is 12.6. The molecule has 0 radical (unpaired) electrons. The molecule has 1 N–H and O–H groups in total. The van der Waals surface area contributed by atoms with Crippen LogP contribution >= 0.6 is 22.9 Å². The summed E-state index contributed by atoms with van der Waals surface area (Å²) in [4.78, 5) is 12.6. The standard InChI is InChI=1S/C18H23ClN2O3S2/c1-12(2)21(4)26(23,24)15-5-6-17(19)16(10-15)18(22)20-13(3)9-14-7-8-25-11-14/h5-8,10-13H,9H2,1-4H3,(H,20,22). The lowest BCUT2D eigenvalue weighted by Crippen LogP contribution is -2.35. The normalized spacial score (nSPS) is 13.2. The number of carbonyl (C=O) groups excluding carboxylic acids is 1. The minimum Gasteiger partial charge on any atom is -0.349 e. The molecule has 0 spiro atoms. The predicted octanol–water partition coefficient (Wildman–Crippen LogP) is 3.79. The Hall–Kier alpha value is -1.41. The van der Waals surface area contributed by atoms with E-state index in [0.29, 0.717) is 6.42 Å². The summed E-state index contributed by atoms with van der Waals surface area (Å²) in [5.74, 6) is -0.387. The number of nitrogens with zero attached hydrogens (tertiary/aromatic N) is 1. The van der Waals surface area contributed by atoms with Gasteiger partial charge in [-0.3, -0.25) is 4.79 Å². The summed E-state index contributed by atoms with van der Waals surface area (Å²) in [6.45, 7) is 5.47. The molecule has 8 heteroatoms. The van der Waals surface area contributed by atoms with E-state index in [1.54, 1.807) is 25.2 Å². The summed E-state index contributed by atoms with van der Waals surface area (Å²) >= 11 is 7.75. The second-order valence-corrected chi connectivity index (χ2v) is 9.65. The number of sulfonamides is 1. The van der Waals surface area contributed by atoms with Crippen molar-refractivity contribution in [1.29, 1.82) is 0 Å². The van der Waals surface area contributed by atoms with Crippen LogP contribution in [0.5, 0.6) is 0 Å². The van der Waals surface area contributed by atoms with E-state index in [0.717, 1.165) is 5.56 Å². The fraction of sp³-hybridized carbons (Fsp3) is 0.389. The van der Waals surface area contributed by atoms with Crippen LogP contribution in [0.15, 0.2) is 39.9 Å². The van der Waals surface area contributed by atoms with Crippen LogP contribution in [0.1, 0.15) is 36.7 Å². The van der Waals surface area contributed by atoms with Crippen molar-refractivity contribution in [2.45, 2.75) is 44.2 Å². The molecule has 5 nitrogen and oxygen atoms in total. The molecule has 0 aliphatic heterocycles. The van der Waals surface area contributed by atoms with Crippen LogP contribution < -0.4 is 5.32 Å². The lowest BCUT2D eigenvalue weighted by Gasteiger charge is -2.21. The van der Waals surface area contributed by atoms with Gasteiger partial charge in [0.1, 0.15) is 0 Å². The molecule has 1 amide bonds. The first-order valence-electron chi connectivity index (χ1n) is 8.22. The third-order valence-corrected chi connectivity index (χ3v) is 7.18. The number of nitrogens with one attached hydrogen (secondary N) is 1. The van der Waals surface area contributed by atoms with E-state index in [4.69, 9.17) is 11.6 Å². The quantitative estimate of drug-likeness (QED) is 0.749. The van der Waals surface area contributed by atoms with Crippen molar-refractivity contribution in [1.82, 2.24) is 9.62 Å². The van der Waals surface area contributed by atoms with Gasteiger partial charge in [-0.05, 0) is 67.8 Å². The SMILES string of the molecule is CC(Cc1ccsc1)NC(=O)c1cc(S(=O)(=O)N(C)C(C)C)ccc1Cl. The Morgan fingerprint density at radius 2 is 1.96 bits per heavy atom. The number of amides is 1. The molecule has 1 atom stereocenters. The summed E-state index contributed by atoms with van der Waals surface area (Å²) in [7, 11) is -2.17. The molecule has 1 aromatic heterocycles. The lowest BCUT2D eigenvalue weighted by atomic mass is 10.1. The van der Waals surface area contributed by atoms with Crippen molar-refractivity contribution in [2.24, 2.45) is 0 Å². The molecule has 0 bridgehead atoms. The molecule has 26 heavy (non-hydrogen) atoms. The fourth-order valence-electron chi connectivity index (χ4n) is 2.40. The van der Waals surface area contributed by atoms with Crippen molar-refractivity contribution >= 4 is 38.9 Å². The first kappa shape index (κ1) is 20.9. The van der Waals surface area contributed by atoms with E-state index in [9.17, 15) is 13.2 Å². The third kappa shape index (κ3) is 4.85. The smallest absolute Gasteiger partial charge is 0.253 e. The maximum absolute atomic E-state index is 12.6. The van der Waals surface area contributed by atoms with Gasteiger partial charge in [0.15, 0.2) is 0 Å². The van der Waals surface area contributed by atoms with Crippen LogP contribution in [-0.4, -0.2) is 37.8 Å². The van der Waals surface area contributed by atoms with Gasteiger partial charge in [-0.2, -0.15) is 15.6 Å². The van der Waals surface area contributed by atoms with E-state index in [-0.39, 0.29) is 33.5 Å². The Labute approximate surface area is 164 Å². The highest BCUT2D eigenvalue weighted by Crippen LogP contribution is 2.23. The molecule has 2 rings (SSSR count). The summed E-state index contributed by atoms with van der Waals surface area (Å²) in [5.41, 5.74) is 1.30.